The van der Waals surface area contributed by atoms with Gasteiger partial charge in [0, 0.05) is 42.9 Å². The van der Waals surface area contributed by atoms with Gasteiger partial charge in [-0.05, 0) is 105 Å². The van der Waals surface area contributed by atoms with Crippen molar-refractivity contribution in [2.45, 2.75) is 81.4 Å². The fourth-order valence-electron chi connectivity index (χ4n) is 8.86. The largest absolute Gasteiger partial charge is 0.454 e. The Morgan fingerprint density at radius 1 is 0.538 bits per heavy atom. The molecule has 2 heterocycles. The van der Waals surface area contributed by atoms with Crippen LogP contribution in [0.25, 0.3) is 44.2 Å². The van der Waals surface area contributed by atoms with Crippen LogP contribution in [-0.2, 0) is 16.2 Å². The molecule has 0 saturated heterocycles. The highest BCUT2D eigenvalue weighted by molar-refractivity contribution is 8.33. The van der Waals surface area contributed by atoms with Crippen LogP contribution in [-0.4, -0.2) is 12.5 Å². The fourth-order valence-corrected chi connectivity index (χ4v) is 11.4. The molecule has 0 saturated carbocycles. The number of hydrogen-bond acceptors (Lipinski definition) is 2. The van der Waals surface area contributed by atoms with E-state index in [0.717, 1.165) is 33.6 Å². The van der Waals surface area contributed by atoms with Crippen LogP contribution < -0.4 is 4.90 Å². The maximum Gasteiger partial charge on any atom is 0.159 e. The first-order valence-electron chi connectivity index (χ1n) is 18.6. The third kappa shape index (κ3) is 4.71. The zero-order valence-electron chi connectivity index (χ0n) is 32.2. The molecule has 3 heteroatoms. The van der Waals surface area contributed by atoms with Crippen molar-refractivity contribution in [3.63, 3.8) is 0 Å². The minimum absolute atomic E-state index is 0.00730. The average Bonchev–Trinajstić information content (AvgIpc) is 3.68. The molecule has 0 bridgehead atoms. The minimum Gasteiger partial charge on any atom is -0.454 e. The second-order valence-corrected chi connectivity index (χ2v) is 21.4. The van der Waals surface area contributed by atoms with E-state index in [1.54, 1.807) is 0 Å². The zero-order chi connectivity index (χ0) is 36.5. The van der Waals surface area contributed by atoms with Crippen molar-refractivity contribution in [1.29, 1.82) is 0 Å². The zero-order valence-corrected chi connectivity index (χ0v) is 33.0. The Morgan fingerprint density at radius 3 is 1.90 bits per heavy atom. The van der Waals surface area contributed by atoms with Gasteiger partial charge in [0.25, 0.3) is 0 Å². The molecule has 6 aromatic carbocycles. The molecule has 0 unspecified atom stereocenters. The lowest BCUT2D eigenvalue weighted by Gasteiger charge is -2.31. The molecular formula is C49H49NOS. The normalized spacial score (nSPS) is 16.0. The van der Waals surface area contributed by atoms with Gasteiger partial charge in [-0.25, -0.2) is 0 Å². The molecule has 0 radical (unpaired) electrons. The van der Waals surface area contributed by atoms with E-state index in [2.05, 4.69) is 188 Å². The molecule has 0 N–H and O–H groups in total. The molecule has 9 rings (SSSR count). The topological polar surface area (TPSA) is 16.4 Å². The van der Waals surface area contributed by atoms with Gasteiger partial charge in [-0.1, -0.05) is 128 Å². The lowest BCUT2D eigenvalue weighted by atomic mass is 9.79. The second kappa shape index (κ2) is 10.9. The first-order valence-corrected chi connectivity index (χ1v) is 21.0. The standard InChI is InChI=1S/C49H49NOS/c1-47(2,3)30-26-38-37-18-15-20-42(46(37)51-45(38)41(27-30)48(4,5)6)50(31-22-24-34-33-16-11-13-19-39(33)49(7,8)40(34)28-31)32-23-25-36-35-17-12-14-21-43(35)52(9,10)44(36)29-32/h11-29H,1-10H3. The fraction of sp³-hybridized carbons (Fsp3) is 0.265. The highest BCUT2D eigenvalue weighted by Crippen LogP contribution is 2.68. The molecule has 0 fully saturated rings. The predicted octanol–water partition coefficient (Wildman–Crippen LogP) is 14.4. The van der Waals surface area contributed by atoms with E-state index in [1.165, 1.54) is 59.7 Å². The summed E-state index contributed by atoms with van der Waals surface area (Å²) in [5.41, 5.74) is 15.8. The maximum absolute atomic E-state index is 7.16. The van der Waals surface area contributed by atoms with Crippen LogP contribution in [0.3, 0.4) is 0 Å². The Kier molecular flexibility index (Phi) is 6.94. The van der Waals surface area contributed by atoms with Crippen molar-refractivity contribution in [3.8, 4) is 22.3 Å². The smallest absolute Gasteiger partial charge is 0.159 e. The van der Waals surface area contributed by atoms with Crippen LogP contribution in [0.2, 0.25) is 0 Å². The number of anilines is 3. The number of nitrogens with zero attached hydrogens (tertiary/aromatic N) is 1. The van der Waals surface area contributed by atoms with E-state index in [-0.39, 0.29) is 16.2 Å². The van der Waals surface area contributed by atoms with Crippen LogP contribution >= 0.6 is 10.0 Å². The lowest BCUT2D eigenvalue weighted by Crippen LogP contribution is -2.16. The molecule has 52 heavy (non-hydrogen) atoms. The highest BCUT2D eigenvalue weighted by atomic mass is 32.3. The molecule has 1 aromatic heterocycles. The van der Waals surface area contributed by atoms with E-state index in [9.17, 15) is 0 Å². The quantitative estimate of drug-likeness (QED) is 0.183. The number of rotatable bonds is 3. The number of hydrogen-bond donors (Lipinski definition) is 0. The second-order valence-electron chi connectivity index (χ2n) is 17.9. The van der Waals surface area contributed by atoms with E-state index >= 15 is 0 Å². The first-order chi connectivity index (χ1) is 24.6. The molecular weight excluding hydrogens is 651 g/mol. The first kappa shape index (κ1) is 33.1. The van der Waals surface area contributed by atoms with Gasteiger partial charge in [-0.3, -0.25) is 0 Å². The molecule has 1 aliphatic heterocycles. The van der Waals surface area contributed by atoms with Crippen LogP contribution in [0.4, 0.5) is 17.1 Å². The predicted molar refractivity (Wildman–Crippen MR) is 225 cm³/mol. The van der Waals surface area contributed by atoms with Crippen LogP contribution in [0.1, 0.15) is 77.6 Å². The molecule has 0 spiro atoms. The molecule has 0 atom stereocenters. The summed E-state index contributed by atoms with van der Waals surface area (Å²) in [4.78, 5) is 5.37. The van der Waals surface area contributed by atoms with Crippen molar-refractivity contribution in [2.24, 2.45) is 0 Å². The van der Waals surface area contributed by atoms with Crippen LogP contribution in [0, 0.1) is 0 Å². The Labute approximate surface area is 310 Å². The summed E-state index contributed by atoms with van der Waals surface area (Å²) in [6, 6.07) is 43.6. The van der Waals surface area contributed by atoms with Crippen LogP contribution in [0.5, 0.6) is 0 Å². The minimum atomic E-state index is -1.20. The monoisotopic (exact) mass is 699 g/mol. The molecule has 2 nitrogen and oxygen atoms in total. The average molecular weight is 700 g/mol. The summed E-state index contributed by atoms with van der Waals surface area (Å²) in [5.74, 6) is 0. The maximum atomic E-state index is 7.16. The molecule has 2 aliphatic rings. The Bertz CT molecular complexity index is 2500. The molecule has 262 valence electrons. The van der Waals surface area contributed by atoms with Crippen LogP contribution in [0.15, 0.2) is 129 Å². The number of fused-ring (bicyclic) bond motifs is 9. The van der Waals surface area contributed by atoms with E-state index < -0.39 is 10.0 Å². The Hall–Kier alpha value is -4.73. The van der Waals surface area contributed by atoms with Crippen molar-refractivity contribution in [3.05, 3.63) is 138 Å². The van der Waals surface area contributed by atoms with Gasteiger partial charge < -0.3 is 9.32 Å². The number of furan rings is 1. The SMILES string of the molecule is CC(C)(C)c1cc(C(C)(C)C)c2oc3c(N(c4ccc5c(c4)C(C)(C)c4ccccc4-5)c4ccc5c(c4)S(C)(C)c4ccccc4-5)cccc3c2c1. The van der Waals surface area contributed by atoms with Gasteiger partial charge in [0.15, 0.2) is 5.58 Å². The Balaban J connectivity index is 1.33. The molecule has 7 aromatic rings. The van der Waals surface area contributed by atoms with Crippen molar-refractivity contribution < 1.29 is 4.42 Å². The van der Waals surface area contributed by atoms with Gasteiger partial charge in [0.05, 0.1) is 5.69 Å². The summed E-state index contributed by atoms with van der Waals surface area (Å²) in [6.07, 6.45) is 4.89. The third-order valence-electron chi connectivity index (χ3n) is 11.8. The van der Waals surface area contributed by atoms with Crippen molar-refractivity contribution >= 4 is 49.0 Å². The summed E-state index contributed by atoms with van der Waals surface area (Å²) >= 11 is 0. The van der Waals surface area contributed by atoms with Gasteiger partial charge in [0.1, 0.15) is 5.58 Å². The Morgan fingerprint density at radius 2 is 1.17 bits per heavy atom. The van der Waals surface area contributed by atoms with Gasteiger partial charge in [0.2, 0.25) is 0 Å². The molecule has 1 aliphatic carbocycles. The van der Waals surface area contributed by atoms with E-state index in [0.29, 0.717) is 0 Å². The van der Waals surface area contributed by atoms with Crippen molar-refractivity contribution in [1.82, 2.24) is 0 Å². The number of benzene rings is 6. The van der Waals surface area contributed by atoms with Gasteiger partial charge in [-0.15, -0.1) is 0 Å². The summed E-state index contributed by atoms with van der Waals surface area (Å²) < 4.78 is 7.16. The van der Waals surface area contributed by atoms with E-state index in [1.807, 2.05) is 0 Å². The third-order valence-corrected chi connectivity index (χ3v) is 14.7. The summed E-state index contributed by atoms with van der Waals surface area (Å²) in [7, 11) is -1.20. The van der Waals surface area contributed by atoms with Gasteiger partial charge >= 0.3 is 0 Å². The van der Waals surface area contributed by atoms with E-state index in [4.69, 9.17) is 4.42 Å². The lowest BCUT2D eigenvalue weighted by molar-refractivity contribution is 0.559. The molecule has 0 amide bonds. The number of para-hydroxylation sites is 1. The summed E-state index contributed by atoms with van der Waals surface area (Å²) in [6.45, 7) is 18.5. The van der Waals surface area contributed by atoms with Gasteiger partial charge in [-0.2, -0.15) is 10.0 Å². The highest BCUT2D eigenvalue weighted by Gasteiger charge is 2.37. The van der Waals surface area contributed by atoms with Crippen molar-refractivity contribution in [2.75, 3.05) is 17.4 Å². The summed E-state index contributed by atoms with van der Waals surface area (Å²) in [5, 5.41) is 2.34.